The second-order valence-corrected chi connectivity index (χ2v) is 27.1. The van der Waals surface area contributed by atoms with Gasteiger partial charge in [0.15, 0.2) is 0 Å². The van der Waals surface area contributed by atoms with Gasteiger partial charge in [-0.05, 0) is 161 Å². The zero-order chi connectivity index (χ0) is 69.7. The van der Waals surface area contributed by atoms with Crippen molar-refractivity contribution >= 4 is 53.7 Å². The molecule has 0 aromatic carbocycles. The molecule has 0 aromatic rings. The highest BCUT2D eigenvalue weighted by molar-refractivity contribution is 5.81. The molecule has 7 fully saturated rings. The third-order valence-electron chi connectivity index (χ3n) is 18.3. The Balaban J connectivity index is 0.000000295. The highest BCUT2D eigenvalue weighted by Crippen LogP contribution is 2.61. The van der Waals surface area contributed by atoms with E-state index in [1.54, 1.807) is 62.3 Å². The molecule has 6 bridgehead atoms. The summed E-state index contributed by atoms with van der Waals surface area (Å²) in [6.07, 6.45) is -9.05. The minimum Gasteiger partial charge on any atom is -0.462 e. The molecule has 3 unspecified atom stereocenters. The molecule has 0 radical (unpaired) electrons. The molecule has 0 aliphatic heterocycles. The fraction of sp³-hybridized carbons (Fsp3) is 0.855. The van der Waals surface area contributed by atoms with Gasteiger partial charge in [0.05, 0.1) is 33.5 Å². The lowest BCUT2D eigenvalue weighted by Crippen LogP contribution is -2.52. The number of ether oxygens (including phenoxy) is 9. The summed E-state index contributed by atoms with van der Waals surface area (Å²) in [6, 6.07) is 0. The highest BCUT2D eigenvalue weighted by Gasteiger charge is 2.60. The maximum atomic E-state index is 14.3. The maximum absolute atomic E-state index is 14.3. The van der Waals surface area contributed by atoms with Crippen LogP contribution in [0.5, 0.6) is 0 Å². The summed E-state index contributed by atoms with van der Waals surface area (Å²) in [7, 11) is 0. The van der Waals surface area contributed by atoms with E-state index in [0.29, 0.717) is 70.6 Å². The first kappa shape index (κ1) is 78.8. The summed E-state index contributed by atoms with van der Waals surface area (Å²) >= 11 is 0. The van der Waals surface area contributed by atoms with Crippen molar-refractivity contribution in [2.75, 3.05) is 39.6 Å². The molecule has 30 heteroatoms. The first-order valence-electron chi connectivity index (χ1n) is 31.3. The van der Waals surface area contributed by atoms with Crippen LogP contribution in [0.15, 0.2) is 0 Å². The van der Waals surface area contributed by atoms with Crippen LogP contribution in [0.2, 0.25) is 0 Å². The second kappa shape index (κ2) is 31.8. The Morgan fingerprint density at radius 1 is 0.370 bits per heavy atom. The van der Waals surface area contributed by atoms with Crippen molar-refractivity contribution in [1.29, 1.82) is 0 Å². The van der Waals surface area contributed by atoms with E-state index in [2.05, 4.69) is 28.4 Å². The molecule has 0 aromatic heterocycles. The first-order valence-corrected chi connectivity index (χ1v) is 31.3. The van der Waals surface area contributed by atoms with Gasteiger partial charge in [0, 0.05) is 0 Å². The molecule has 7 rings (SSSR count). The Labute approximate surface area is 526 Å². The number of carbonyl (C=O) groups is 9. The summed E-state index contributed by atoms with van der Waals surface area (Å²) in [5.74, 6) is -26.2. The van der Waals surface area contributed by atoms with E-state index in [1.807, 2.05) is 0 Å². The largest absolute Gasteiger partial charge is 0.462 e. The van der Waals surface area contributed by atoms with Crippen molar-refractivity contribution in [3.05, 3.63) is 0 Å². The van der Waals surface area contributed by atoms with Gasteiger partial charge in [0.1, 0.15) is 58.9 Å². The van der Waals surface area contributed by atoms with E-state index in [-0.39, 0.29) is 29.6 Å². The Morgan fingerprint density at radius 3 is 0.989 bits per heavy atom. The summed E-state index contributed by atoms with van der Waals surface area (Å²) in [5, 5.41) is 0. The smallest absolute Gasteiger partial charge is 0.406 e. The van der Waals surface area contributed by atoms with Gasteiger partial charge in [0.25, 0.3) is 0 Å². The van der Waals surface area contributed by atoms with Gasteiger partial charge in [-0.1, -0.05) is 46.5 Å². The molecule has 0 amide bonds. The average Bonchev–Trinajstić information content (AvgIpc) is 0.937. The minimum atomic E-state index is -4.59. The first-order chi connectivity index (χ1) is 42.3. The normalized spacial score (nSPS) is 23.3. The molecule has 18 nitrogen and oxygen atoms in total. The monoisotopic (exact) mass is 1350 g/mol. The molecule has 7 aliphatic rings. The van der Waals surface area contributed by atoms with E-state index in [1.165, 1.54) is 0 Å². The molecule has 7 saturated carbocycles. The van der Waals surface area contributed by atoms with E-state index < -0.39 is 182 Å². The number of esters is 9. The summed E-state index contributed by atoms with van der Waals surface area (Å²) in [6.45, 7) is 11.4. The van der Waals surface area contributed by atoms with Crippen molar-refractivity contribution in [1.82, 2.24) is 0 Å². The molecule has 0 N–H and O–H groups in total. The predicted octanol–water partition coefficient (Wildman–Crippen LogP) is 13.2. The number of rotatable bonds is 30. The average molecular weight is 1350 g/mol. The molecule has 92 heavy (non-hydrogen) atoms. The Hall–Kier alpha value is -5.61. The topological polar surface area (TPSA) is 237 Å². The highest BCUT2D eigenvalue weighted by atomic mass is 19.3. The lowest BCUT2D eigenvalue weighted by molar-refractivity contribution is -0.271. The SMILES string of the molecule is CCC(C)(C)C(=O)OCCOC(=O)C(F)(F)CC(F)(F)OC(=O)C12CC3CC(CC(C3)C1)C2.CCC(C)(C)C(=O)OCCOC(=O)C(F)(F)CC(F)(F)OC(=O)C1CC2CCC1C2.CCC(C)(C)C(=O)OCCOC(=O)C(F)(F)CC(F)(F)OC(=O)C1CCCCC1. The van der Waals surface area contributed by atoms with E-state index in [9.17, 15) is 95.8 Å². The van der Waals surface area contributed by atoms with Crippen LogP contribution in [0.4, 0.5) is 52.7 Å². The zero-order valence-corrected chi connectivity index (χ0v) is 53.5. The summed E-state index contributed by atoms with van der Waals surface area (Å²) in [4.78, 5) is 106. The molecule has 0 spiro atoms. The van der Waals surface area contributed by atoms with Gasteiger partial charge in [-0.3, -0.25) is 28.8 Å². The maximum Gasteiger partial charge on any atom is 0.406 e. The van der Waals surface area contributed by atoms with E-state index in [0.717, 1.165) is 44.9 Å². The predicted molar refractivity (Wildman–Crippen MR) is 296 cm³/mol. The molecule has 0 heterocycles. The lowest BCUT2D eigenvalue weighted by Gasteiger charge is -2.55. The van der Waals surface area contributed by atoms with Crippen LogP contribution in [0.25, 0.3) is 0 Å². The molecule has 7 aliphatic carbocycles. The standard InChI is InChI=1S/C23H32F4O6.C20H28F4O6.C19H28F4O6/c1-4-20(2,3)17(28)31-5-6-32-19(30)22(24,25)13-23(26,27)33-18(29)21-10-14-7-15(11-21)9-16(8-14)12-21;1-4-18(2,3)16(26)28-7-8-29-17(27)19(21,22)11-20(23,24)30-15(25)14-10-12-5-6-13(14)9-12;1-4-17(2,3)15(25)27-10-11-28-16(26)18(20,21)12-19(22,23)29-14(24)13-8-6-5-7-9-13/h14-16H,4-13H2,1-3H3;12-14H,4-11H2,1-3H3;13H,4-12H2,1-3H3. The zero-order valence-electron chi connectivity index (χ0n) is 53.5. The van der Waals surface area contributed by atoms with Crippen LogP contribution in [-0.4, -0.2) is 129 Å². The van der Waals surface area contributed by atoms with Crippen LogP contribution >= 0.6 is 0 Å². The van der Waals surface area contributed by atoms with Crippen LogP contribution in [0.1, 0.15) is 197 Å². The summed E-state index contributed by atoms with van der Waals surface area (Å²) in [5.41, 5.74) is -3.42. The molecular weight excluding hydrogens is 1260 g/mol. The van der Waals surface area contributed by atoms with Gasteiger partial charge >= 0.3 is 89.8 Å². The van der Waals surface area contributed by atoms with Crippen LogP contribution < -0.4 is 0 Å². The van der Waals surface area contributed by atoms with Gasteiger partial charge < -0.3 is 42.6 Å². The second-order valence-electron chi connectivity index (χ2n) is 27.1. The third-order valence-corrected chi connectivity index (χ3v) is 18.3. The molecule has 0 saturated heterocycles. The van der Waals surface area contributed by atoms with Crippen molar-refractivity contribution < 1.29 is 138 Å². The van der Waals surface area contributed by atoms with Gasteiger partial charge in [-0.25, -0.2) is 14.4 Å². The fourth-order valence-electron chi connectivity index (χ4n) is 12.2. The Bertz CT molecular complexity index is 2530. The van der Waals surface area contributed by atoms with Crippen molar-refractivity contribution in [2.45, 2.75) is 233 Å². The van der Waals surface area contributed by atoms with E-state index >= 15 is 0 Å². The van der Waals surface area contributed by atoms with Gasteiger partial charge in [0.2, 0.25) is 0 Å². The molecule has 3 atom stereocenters. The third kappa shape index (κ3) is 23.1. The number of hydrogen-bond donors (Lipinski definition) is 0. The van der Waals surface area contributed by atoms with Crippen LogP contribution in [0, 0.1) is 63.1 Å². The van der Waals surface area contributed by atoms with Crippen molar-refractivity contribution in [3.8, 4) is 0 Å². The molecule has 528 valence electrons. The number of halogens is 12. The Kier molecular flexibility index (Phi) is 27.2. The Morgan fingerprint density at radius 2 is 0.685 bits per heavy atom. The van der Waals surface area contributed by atoms with Gasteiger partial charge in [-0.2, -0.15) is 52.7 Å². The quantitative estimate of drug-likeness (QED) is 0.0281. The fourth-order valence-corrected chi connectivity index (χ4v) is 12.2. The van der Waals surface area contributed by atoms with Crippen LogP contribution in [-0.2, 0) is 85.8 Å². The van der Waals surface area contributed by atoms with Crippen LogP contribution in [0.3, 0.4) is 0 Å². The number of fused-ring (bicyclic) bond motifs is 2. The lowest BCUT2D eigenvalue weighted by atomic mass is 9.49. The minimum absolute atomic E-state index is 0.0517. The van der Waals surface area contributed by atoms with Crippen molar-refractivity contribution in [2.24, 2.45) is 63.1 Å². The van der Waals surface area contributed by atoms with E-state index in [4.69, 9.17) is 14.2 Å². The van der Waals surface area contributed by atoms with Crippen molar-refractivity contribution in [3.63, 3.8) is 0 Å². The number of carbonyl (C=O) groups excluding carboxylic acids is 9. The van der Waals surface area contributed by atoms with Gasteiger partial charge in [-0.15, -0.1) is 0 Å². The summed E-state index contributed by atoms with van der Waals surface area (Å²) < 4.78 is 207. The molecular formula is C62H88F12O18. The number of alkyl halides is 12. The number of hydrogen-bond acceptors (Lipinski definition) is 18.